The van der Waals surface area contributed by atoms with Crippen molar-refractivity contribution in [3.63, 3.8) is 0 Å². The Morgan fingerprint density at radius 2 is 2.25 bits per heavy atom. The average molecular weight is 220 g/mol. The fraction of sp³-hybridized carbons (Fsp3) is 0.538. The number of nitrogens with one attached hydrogen (secondary N) is 1. The van der Waals surface area contributed by atoms with Crippen LogP contribution in [0.5, 0.6) is 5.75 Å². The van der Waals surface area contributed by atoms with Crippen LogP contribution in [0.25, 0.3) is 0 Å². The van der Waals surface area contributed by atoms with Gasteiger partial charge in [-0.2, -0.15) is 0 Å². The lowest BCUT2D eigenvalue weighted by molar-refractivity contribution is 0.240. The van der Waals surface area contributed by atoms with E-state index in [1.165, 1.54) is 11.1 Å². The Labute approximate surface area is 97.4 Å². The van der Waals surface area contributed by atoms with E-state index in [0.29, 0.717) is 6.04 Å². The highest BCUT2D eigenvalue weighted by Gasteiger charge is 2.16. The highest BCUT2D eigenvalue weighted by molar-refractivity contribution is 5.37. The van der Waals surface area contributed by atoms with Crippen LogP contribution in [0.1, 0.15) is 11.1 Å². The van der Waals surface area contributed by atoms with E-state index in [-0.39, 0.29) is 0 Å². The maximum absolute atomic E-state index is 5.83. The Morgan fingerprint density at radius 1 is 1.44 bits per heavy atom. The van der Waals surface area contributed by atoms with E-state index in [4.69, 9.17) is 4.74 Å². The molecule has 0 aliphatic carbocycles. The Balaban J connectivity index is 2.07. The summed E-state index contributed by atoms with van der Waals surface area (Å²) in [5.41, 5.74) is 2.55. The molecule has 88 valence electrons. The van der Waals surface area contributed by atoms with Gasteiger partial charge in [-0.1, -0.05) is 17.7 Å². The first kappa shape index (κ1) is 11.4. The number of hydrogen-bond donors (Lipinski definition) is 1. The first-order valence-corrected chi connectivity index (χ1v) is 5.75. The molecule has 0 amide bonds. The van der Waals surface area contributed by atoms with Gasteiger partial charge in [-0.3, -0.25) is 0 Å². The van der Waals surface area contributed by atoms with Gasteiger partial charge in [0.2, 0.25) is 0 Å². The van der Waals surface area contributed by atoms with Crippen LogP contribution < -0.4 is 10.1 Å². The second-order valence-electron chi connectivity index (χ2n) is 4.76. The van der Waals surface area contributed by atoms with Crippen molar-refractivity contribution in [3.8, 4) is 5.75 Å². The molecule has 0 fully saturated rings. The van der Waals surface area contributed by atoms with Crippen molar-refractivity contribution in [1.82, 2.24) is 10.2 Å². The quantitative estimate of drug-likeness (QED) is 0.815. The van der Waals surface area contributed by atoms with Crippen LogP contribution in [0.3, 0.4) is 0 Å². The molecule has 16 heavy (non-hydrogen) atoms. The van der Waals surface area contributed by atoms with Crippen LogP contribution in [-0.4, -0.2) is 38.2 Å². The Morgan fingerprint density at radius 3 is 3.00 bits per heavy atom. The molecular formula is C13H20N2O. The molecule has 0 saturated carbocycles. The summed E-state index contributed by atoms with van der Waals surface area (Å²) in [5.74, 6) is 1.03. The molecule has 3 heteroatoms. The molecule has 1 heterocycles. The monoisotopic (exact) mass is 220 g/mol. The van der Waals surface area contributed by atoms with E-state index in [2.05, 4.69) is 49.4 Å². The van der Waals surface area contributed by atoms with Crippen LogP contribution in [0.4, 0.5) is 0 Å². The standard InChI is InChI=1S/C13H20N2O/c1-10-4-5-13-11(6-10)7-14-12(9-16-13)8-15(2)3/h4-6,12,14H,7-9H2,1-3H3. The number of fused-ring (bicyclic) bond motifs is 1. The van der Waals surface area contributed by atoms with Gasteiger partial charge in [-0.05, 0) is 27.1 Å². The zero-order chi connectivity index (χ0) is 11.5. The van der Waals surface area contributed by atoms with Crippen LogP contribution in [0, 0.1) is 6.92 Å². The van der Waals surface area contributed by atoms with Crippen LogP contribution >= 0.6 is 0 Å². The molecule has 1 aromatic carbocycles. The van der Waals surface area contributed by atoms with Crippen molar-refractivity contribution < 1.29 is 4.74 Å². The van der Waals surface area contributed by atoms with E-state index in [1.54, 1.807) is 0 Å². The van der Waals surface area contributed by atoms with Crippen molar-refractivity contribution in [2.75, 3.05) is 27.2 Å². The molecule has 1 unspecified atom stereocenters. The van der Waals surface area contributed by atoms with E-state index >= 15 is 0 Å². The maximum Gasteiger partial charge on any atom is 0.123 e. The van der Waals surface area contributed by atoms with Gasteiger partial charge in [-0.25, -0.2) is 0 Å². The minimum Gasteiger partial charge on any atom is -0.492 e. The number of hydrogen-bond acceptors (Lipinski definition) is 3. The van der Waals surface area contributed by atoms with E-state index < -0.39 is 0 Å². The lowest BCUT2D eigenvalue weighted by Gasteiger charge is -2.19. The van der Waals surface area contributed by atoms with Crippen molar-refractivity contribution in [3.05, 3.63) is 29.3 Å². The minimum absolute atomic E-state index is 0.405. The molecule has 0 bridgehead atoms. The minimum atomic E-state index is 0.405. The van der Waals surface area contributed by atoms with Gasteiger partial charge in [0.1, 0.15) is 12.4 Å². The average Bonchev–Trinajstić information content (AvgIpc) is 2.40. The first-order chi connectivity index (χ1) is 7.65. The second-order valence-corrected chi connectivity index (χ2v) is 4.76. The third kappa shape index (κ3) is 2.74. The predicted octanol–water partition coefficient (Wildman–Crippen LogP) is 1.41. The van der Waals surface area contributed by atoms with Gasteiger partial charge in [0, 0.05) is 18.7 Å². The third-order valence-electron chi connectivity index (χ3n) is 2.82. The molecule has 1 aliphatic heterocycles. The summed E-state index contributed by atoms with van der Waals surface area (Å²) in [5, 5.41) is 3.53. The first-order valence-electron chi connectivity index (χ1n) is 5.75. The largest absolute Gasteiger partial charge is 0.492 e. The summed E-state index contributed by atoms with van der Waals surface area (Å²) < 4.78 is 5.83. The normalized spacial score (nSPS) is 20.1. The molecule has 1 N–H and O–H groups in total. The molecule has 0 spiro atoms. The summed E-state index contributed by atoms with van der Waals surface area (Å²) in [6.07, 6.45) is 0. The van der Waals surface area contributed by atoms with E-state index in [0.717, 1.165) is 25.4 Å². The molecule has 3 nitrogen and oxygen atoms in total. The predicted molar refractivity (Wildman–Crippen MR) is 65.9 cm³/mol. The van der Waals surface area contributed by atoms with Gasteiger partial charge in [0.15, 0.2) is 0 Å². The zero-order valence-electron chi connectivity index (χ0n) is 10.3. The topological polar surface area (TPSA) is 24.5 Å². The van der Waals surface area contributed by atoms with E-state index in [9.17, 15) is 0 Å². The number of rotatable bonds is 2. The van der Waals surface area contributed by atoms with Crippen LogP contribution in [-0.2, 0) is 6.54 Å². The molecule has 0 radical (unpaired) electrons. The number of aryl methyl sites for hydroxylation is 1. The van der Waals surface area contributed by atoms with Gasteiger partial charge in [0.25, 0.3) is 0 Å². The molecule has 1 atom stereocenters. The molecule has 1 aromatic rings. The fourth-order valence-corrected chi connectivity index (χ4v) is 2.05. The number of nitrogens with zero attached hydrogens (tertiary/aromatic N) is 1. The fourth-order valence-electron chi connectivity index (χ4n) is 2.05. The number of benzene rings is 1. The molecule has 1 aliphatic rings. The highest BCUT2D eigenvalue weighted by Crippen LogP contribution is 2.22. The van der Waals surface area contributed by atoms with Gasteiger partial charge < -0.3 is 15.0 Å². The molecular weight excluding hydrogens is 200 g/mol. The summed E-state index contributed by atoms with van der Waals surface area (Å²) >= 11 is 0. The maximum atomic E-state index is 5.83. The van der Waals surface area contributed by atoms with Crippen molar-refractivity contribution in [2.45, 2.75) is 19.5 Å². The van der Waals surface area contributed by atoms with Crippen molar-refractivity contribution in [1.29, 1.82) is 0 Å². The third-order valence-corrected chi connectivity index (χ3v) is 2.82. The lowest BCUT2D eigenvalue weighted by atomic mass is 10.1. The second kappa shape index (κ2) is 4.85. The van der Waals surface area contributed by atoms with Crippen LogP contribution in [0.15, 0.2) is 18.2 Å². The van der Waals surface area contributed by atoms with Crippen LogP contribution in [0.2, 0.25) is 0 Å². The zero-order valence-corrected chi connectivity index (χ0v) is 10.3. The van der Waals surface area contributed by atoms with Crippen molar-refractivity contribution >= 4 is 0 Å². The summed E-state index contributed by atoms with van der Waals surface area (Å²) in [6, 6.07) is 6.78. The summed E-state index contributed by atoms with van der Waals surface area (Å²) in [7, 11) is 4.17. The SMILES string of the molecule is Cc1ccc2c(c1)CNC(CN(C)C)CO2. The molecule has 0 aromatic heterocycles. The van der Waals surface area contributed by atoms with E-state index in [1.807, 2.05) is 0 Å². The van der Waals surface area contributed by atoms with Gasteiger partial charge in [-0.15, -0.1) is 0 Å². The number of ether oxygens (including phenoxy) is 1. The number of likely N-dealkylation sites (N-methyl/N-ethyl adjacent to an activating group) is 1. The van der Waals surface area contributed by atoms with Gasteiger partial charge in [0.05, 0.1) is 6.04 Å². The Kier molecular flexibility index (Phi) is 3.46. The van der Waals surface area contributed by atoms with Gasteiger partial charge >= 0.3 is 0 Å². The smallest absolute Gasteiger partial charge is 0.123 e. The van der Waals surface area contributed by atoms with Crippen molar-refractivity contribution in [2.24, 2.45) is 0 Å². The molecule has 0 saturated heterocycles. The molecule has 2 rings (SSSR count). The Hall–Kier alpha value is -1.06. The highest BCUT2D eigenvalue weighted by atomic mass is 16.5. The Bertz CT molecular complexity index is 363. The summed E-state index contributed by atoms with van der Waals surface area (Å²) in [4.78, 5) is 2.18. The summed E-state index contributed by atoms with van der Waals surface area (Å²) in [6.45, 7) is 4.76. The lowest BCUT2D eigenvalue weighted by Crippen LogP contribution is -2.40.